The Morgan fingerprint density at radius 1 is 1.73 bits per heavy atom. The molecule has 0 bridgehead atoms. The highest BCUT2D eigenvalue weighted by atomic mass is 16.4. The molecule has 4 nitrogen and oxygen atoms in total. The van der Waals surface area contributed by atoms with Gasteiger partial charge in [-0.2, -0.15) is 0 Å². The maximum absolute atomic E-state index is 10.2. The van der Waals surface area contributed by atoms with Crippen LogP contribution in [0.5, 0.6) is 0 Å². The molecule has 0 aromatic carbocycles. The standard InChI is InChI=1S/C7H13NO3/c1-5(2-7(10)11)8-3-6(9)4-8/h5-6,9H,2-4H2,1H3,(H,10,11). The Kier molecular flexibility index (Phi) is 2.46. The summed E-state index contributed by atoms with van der Waals surface area (Å²) in [5.74, 6) is -0.779. The fourth-order valence-electron chi connectivity index (χ4n) is 1.23. The fraction of sp³-hybridized carbons (Fsp3) is 0.857. The molecule has 1 unspecified atom stereocenters. The summed E-state index contributed by atoms with van der Waals surface area (Å²) in [6.45, 7) is 3.10. The Balaban J connectivity index is 2.21. The molecule has 0 aliphatic carbocycles. The van der Waals surface area contributed by atoms with E-state index < -0.39 is 5.97 Å². The average Bonchev–Trinajstić information content (AvgIpc) is 1.79. The van der Waals surface area contributed by atoms with Gasteiger partial charge in [-0.15, -0.1) is 0 Å². The predicted molar refractivity (Wildman–Crippen MR) is 39.3 cm³/mol. The summed E-state index contributed by atoms with van der Waals surface area (Å²) in [4.78, 5) is 12.2. The zero-order chi connectivity index (χ0) is 8.43. The van der Waals surface area contributed by atoms with Crippen molar-refractivity contribution < 1.29 is 15.0 Å². The Labute approximate surface area is 65.4 Å². The van der Waals surface area contributed by atoms with Gasteiger partial charge in [-0.3, -0.25) is 9.69 Å². The van der Waals surface area contributed by atoms with E-state index in [2.05, 4.69) is 0 Å². The van der Waals surface area contributed by atoms with Gasteiger partial charge in [0.15, 0.2) is 0 Å². The quantitative estimate of drug-likeness (QED) is 0.584. The van der Waals surface area contributed by atoms with Gasteiger partial charge in [0.1, 0.15) is 0 Å². The van der Waals surface area contributed by atoms with E-state index in [0.717, 1.165) is 0 Å². The first-order valence-electron chi connectivity index (χ1n) is 3.73. The van der Waals surface area contributed by atoms with E-state index in [1.807, 2.05) is 11.8 Å². The monoisotopic (exact) mass is 159 g/mol. The third-order valence-corrected chi connectivity index (χ3v) is 1.98. The van der Waals surface area contributed by atoms with E-state index in [1.54, 1.807) is 0 Å². The number of carbonyl (C=O) groups is 1. The highest BCUT2D eigenvalue weighted by Crippen LogP contribution is 2.13. The molecular formula is C7H13NO3. The number of carboxylic acids is 1. The van der Waals surface area contributed by atoms with Crippen LogP contribution in [0.3, 0.4) is 0 Å². The van der Waals surface area contributed by atoms with Crippen molar-refractivity contribution in [2.24, 2.45) is 0 Å². The predicted octanol–water partition coefficient (Wildman–Crippen LogP) is -0.474. The van der Waals surface area contributed by atoms with Crippen molar-refractivity contribution in [3.8, 4) is 0 Å². The Bertz CT molecular complexity index is 154. The number of carboxylic acid groups (broad SMARTS) is 1. The lowest BCUT2D eigenvalue weighted by Gasteiger charge is -2.39. The maximum Gasteiger partial charge on any atom is 0.304 e. The minimum absolute atomic E-state index is 0.0518. The van der Waals surface area contributed by atoms with Crippen molar-refractivity contribution >= 4 is 5.97 Å². The van der Waals surface area contributed by atoms with Gasteiger partial charge < -0.3 is 10.2 Å². The number of β-amino-alcohol motifs (C(OH)–C–C–N with tert-alkyl or cyclic N) is 1. The third kappa shape index (κ3) is 2.17. The molecule has 0 amide bonds. The number of aliphatic carboxylic acids is 1. The third-order valence-electron chi connectivity index (χ3n) is 1.98. The Hall–Kier alpha value is -0.610. The van der Waals surface area contributed by atoms with E-state index in [0.29, 0.717) is 13.1 Å². The summed E-state index contributed by atoms with van der Waals surface area (Å²) < 4.78 is 0. The zero-order valence-corrected chi connectivity index (χ0v) is 6.53. The number of rotatable bonds is 3. The molecule has 1 fully saturated rings. The molecule has 0 spiro atoms. The van der Waals surface area contributed by atoms with Gasteiger partial charge in [-0.1, -0.05) is 0 Å². The molecular weight excluding hydrogens is 146 g/mol. The van der Waals surface area contributed by atoms with Crippen LogP contribution in [0.15, 0.2) is 0 Å². The van der Waals surface area contributed by atoms with Crippen LogP contribution in [-0.4, -0.2) is 46.3 Å². The van der Waals surface area contributed by atoms with E-state index in [-0.39, 0.29) is 18.6 Å². The van der Waals surface area contributed by atoms with Crippen LogP contribution in [0.25, 0.3) is 0 Å². The van der Waals surface area contributed by atoms with Crippen LogP contribution in [0, 0.1) is 0 Å². The molecule has 1 aliphatic rings. The number of aliphatic hydroxyl groups is 1. The molecule has 11 heavy (non-hydrogen) atoms. The van der Waals surface area contributed by atoms with Crippen LogP contribution >= 0.6 is 0 Å². The first-order chi connectivity index (χ1) is 5.09. The second-order valence-electron chi connectivity index (χ2n) is 3.05. The average molecular weight is 159 g/mol. The van der Waals surface area contributed by atoms with Crippen molar-refractivity contribution in [1.29, 1.82) is 0 Å². The van der Waals surface area contributed by atoms with Crippen molar-refractivity contribution in [1.82, 2.24) is 4.90 Å². The molecule has 1 atom stereocenters. The smallest absolute Gasteiger partial charge is 0.304 e. The molecule has 1 saturated heterocycles. The van der Waals surface area contributed by atoms with Gasteiger partial charge >= 0.3 is 5.97 Å². The van der Waals surface area contributed by atoms with Gasteiger partial charge in [0.25, 0.3) is 0 Å². The second-order valence-corrected chi connectivity index (χ2v) is 3.05. The largest absolute Gasteiger partial charge is 0.481 e. The molecule has 0 aromatic rings. The topological polar surface area (TPSA) is 60.8 Å². The van der Waals surface area contributed by atoms with Crippen LogP contribution in [-0.2, 0) is 4.79 Å². The SMILES string of the molecule is CC(CC(=O)O)N1CC(O)C1. The van der Waals surface area contributed by atoms with Crippen LogP contribution < -0.4 is 0 Å². The molecule has 64 valence electrons. The fourth-order valence-corrected chi connectivity index (χ4v) is 1.23. The molecule has 4 heteroatoms. The number of aliphatic hydroxyl groups excluding tert-OH is 1. The summed E-state index contributed by atoms with van der Waals surface area (Å²) in [6, 6.07) is 0.0518. The first-order valence-corrected chi connectivity index (χ1v) is 3.73. The van der Waals surface area contributed by atoms with Crippen molar-refractivity contribution in [3.05, 3.63) is 0 Å². The summed E-state index contributed by atoms with van der Waals surface area (Å²) in [6.07, 6.45) is -0.0848. The van der Waals surface area contributed by atoms with Gasteiger partial charge in [0.2, 0.25) is 0 Å². The molecule has 2 N–H and O–H groups in total. The molecule has 0 radical (unpaired) electrons. The Morgan fingerprint density at radius 2 is 2.27 bits per heavy atom. The van der Waals surface area contributed by atoms with Crippen LogP contribution in [0.4, 0.5) is 0 Å². The van der Waals surface area contributed by atoms with Crippen molar-refractivity contribution in [2.45, 2.75) is 25.5 Å². The lowest BCUT2D eigenvalue weighted by atomic mass is 10.1. The van der Waals surface area contributed by atoms with E-state index in [1.165, 1.54) is 0 Å². The Morgan fingerprint density at radius 3 is 2.64 bits per heavy atom. The second kappa shape index (κ2) is 3.19. The number of hydrogen-bond acceptors (Lipinski definition) is 3. The normalized spacial score (nSPS) is 22.7. The zero-order valence-electron chi connectivity index (χ0n) is 6.53. The van der Waals surface area contributed by atoms with Gasteiger partial charge in [-0.25, -0.2) is 0 Å². The lowest BCUT2D eigenvalue weighted by Crippen LogP contribution is -2.54. The van der Waals surface area contributed by atoms with Gasteiger partial charge in [0, 0.05) is 19.1 Å². The molecule has 0 aromatic heterocycles. The highest BCUT2D eigenvalue weighted by molar-refractivity contribution is 5.67. The first kappa shape index (κ1) is 8.49. The van der Waals surface area contributed by atoms with E-state index >= 15 is 0 Å². The number of nitrogens with zero attached hydrogens (tertiary/aromatic N) is 1. The molecule has 1 heterocycles. The lowest BCUT2D eigenvalue weighted by molar-refractivity contribution is -0.139. The summed E-state index contributed by atoms with van der Waals surface area (Å²) in [7, 11) is 0. The van der Waals surface area contributed by atoms with E-state index in [4.69, 9.17) is 10.2 Å². The molecule has 1 rings (SSSR count). The van der Waals surface area contributed by atoms with Crippen molar-refractivity contribution in [2.75, 3.05) is 13.1 Å². The molecule has 1 aliphatic heterocycles. The summed E-state index contributed by atoms with van der Waals surface area (Å²) in [5.41, 5.74) is 0. The minimum Gasteiger partial charge on any atom is -0.481 e. The van der Waals surface area contributed by atoms with Crippen LogP contribution in [0.2, 0.25) is 0 Å². The maximum atomic E-state index is 10.2. The van der Waals surface area contributed by atoms with Crippen LogP contribution in [0.1, 0.15) is 13.3 Å². The highest BCUT2D eigenvalue weighted by Gasteiger charge is 2.29. The van der Waals surface area contributed by atoms with Gasteiger partial charge in [-0.05, 0) is 6.92 Å². The number of likely N-dealkylation sites (tertiary alicyclic amines) is 1. The molecule has 0 saturated carbocycles. The summed E-state index contributed by atoms with van der Waals surface area (Å²) >= 11 is 0. The van der Waals surface area contributed by atoms with Crippen molar-refractivity contribution in [3.63, 3.8) is 0 Å². The minimum atomic E-state index is -0.779. The van der Waals surface area contributed by atoms with E-state index in [9.17, 15) is 4.79 Å². The summed E-state index contributed by atoms with van der Waals surface area (Å²) in [5, 5.41) is 17.3. The van der Waals surface area contributed by atoms with Gasteiger partial charge in [0.05, 0.1) is 12.5 Å². The number of hydrogen-bond donors (Lipinski definition) is 2.